The van der Waals surface area contributed by atoms with Crippen molar-refractivity contribution < 1.29 is 14.1 Å². The summed E-state index contributed by atoms with van der Waals surface area (Å²) in [6, 6.07) is 1.22. The van der Waals surface area contributed by atoms with E-state index in [-0.39, 0.29) is 31.0 Å². The maximum Gasteiger partial charge on any atom is 0.242 e. The molecule has 0 bridgehead atoms. The van der Waals surface area contributed by atoms with Crippen molar-refractivity contribution in [3.63, 3.8) is 0 Å². The van der Waals surface area contributed by atoms with E-state index >= 15 is 0 Å². The maximum absolute atomic E-state index is 12.2. The first-order chi connectivity index (χ1) is 8.63. The number of amides is 1. The van der Waals surface area contributed by atoms with Crippen molar-refractivity contribution in [2.75, 3.05) is 20.3 Å². The van der Waals surface area contributed by atoms with Gasteiger partial charge in [-0.25, -0.2) is 0 Å². The van der Waals surface area contributed by atoms with Crippen molar-refractivity contribution in [3.8, 4) is 0 Å². The average Bonchev–Trinajstić information content (AvgIpc) is 2.96. The van der Waals surface area contributed by atoms with Crippen molar-refractivity contribution in [1.82, 2.24) is 10.1 Å². The molecule has 1 aliphatic rings. The third-order valence-electron chi connectivity index (χ3n) is 3.17. The lowest BCUT2D eigenvalue weighted by molar-refractivity contribution is -0.135. The summed E-state index contributed by atoms with van der Waals surface area (Å²) in [6.45, 7) is 2.81. The summed E-state index contributed by atoms with van der Waals surface area (Å²) in [7, 11) is 1.54. The molecule has 1 aromatic rings. The Morgan fingerprint density at radius 3 is 3.05 bits per heavy atom. The maximum atomic E-state index is 12.2. The average molecular weight is 290 g/mol. The Bertz CT molecular complexity index is 424. The van der Waals surface area contributed by atoms with E-state index in [1.54, 1.807) is 4.90 Å². The Morgan fingerprint density at radius 2 is 2.47 bits per heavy atom. The highest BCUT2D eigenvalue weighted by Crippen LogP contribution is 2.32. The number of methoxy groups -OCH3 is 1. The second kappa shape index (κ2) is 6.88. The van der Waals surface area contributed by atoms with Crippen LogP contribution in [0.2, 0.25) is 0 Å². The second-order valence-electron chi connectivity index (χ2n) is 4.62. The Labute approximate surface area is 118 Å². The summed E-state index contributed by atoms with van der Waals surface area (Å²) in [5.41, 5.74) is 6.62. The third kappa shape index (κ3) is 3.46. The quantitative estimate of drug-likeness (QED) is 0.896. The summed E-state index contributed by atoms with van der Waals surface area (Å²) >= 11 is 0. The van der Waals surface area contributed by atoms with Crippen LogP contribution < -0.4 is 5.73 Å². The van der Waals surface area contributed by atoms with Crippen molar-refractivity contribution >= 4 is 18.3 Å². The van der Waals surface area contributed by atoms with Gasteiger partial charge < -0.3 is 19.9 Å². The summed E-state index contributed by atoms with van der Waals surface area (Å²) in [5.74, 6) is 0.649. The van der Waals surface area contributed by atoms with Crippen LogP contribution in [0.1, 0.15) is 30.3 Å². The molecule has 2 heterocycles. The van der Waals surface area contributed by atoms with Crippen LogP contribution in [-0.2, 0) is 9.53 Å². The van der Waals surface area contributed by atoms with Crippen LogP contribution in [-0.4, -0.2) is 42.3 Å². The smallest absolute Gasteiger partial charge is 0.242 e. The van der Waals surface area contributed by atoms with Gasteiger partial charge in [-0.05, 0) is 19.8 Å². The first-order valence-electron chi connectivity index (χ1n) is 6.11. The summed E-state index contributed by atoms with van der Waals surface area (Å²) in [6.07, 6.45) is 1.84. The summed E-state index contributed by atoms with van der Waals surface area (Å²) in [4.78, 5) is 14.0. The number of aryl methyl sites for hydroxylation is 1. The molecule has 6 nitrogen and oxygen atoms in total. The Balaban J connectivity index is 0.00000180. The molecular formula is C12H20ClN3O3. The molecule has 2 unspecified atom stereocenters. The predicted octanol–water partition coefficient (Wildman–Crippen LogP) is 1.04. The molecule has 2 N–H and O–H groups in total. The molecule has 1 fully saturated rings. The fourth-order valence-corrected chi connectivity index (χ4v) is 2.33. The lowest BCUT2D eigenvalue weighted by Gasteiger charge is -2.25. The lowest BCUT2D eigenvalue weighted by Crippen LogP contribution is -2.45. The van der Waals surface area contributed by atoms with E-state index in [9.17, 15) is 4.79 Å². The van der Waals surface area contributed by atoms with Gasteiger partial charge in [0.1, 0.15) is 6.04 Å². The monoisotopic (exact) mass is 289 g/mol. The number of nitrogens with zero attached hydrogens (tertiary/aromatic N) is 2. The first-order valence-corrected chi connectivity index (χ1v) is 6.11. The molecule has 1 aliphatic heterocycles. The second-order valence-corrected chi connectivity index (χ2v) is 4.62. The molecule has 2 atom stereocenters. The number of carbonyl (C=O) groups is 1. The van der Waals surface area contributed by atoms with Crippen LogP contribution in [0.4, 0.5) is 0 Å². The SMILES string of the molecule is COCC(N)C(=O)N1CCCC1c1cc(C)no1.Cl. The molecule has 1 amide bonds. The van der Waals surface area contributed by atoms with E-state index in [1.807, 2.05) is 13.0 Å². The number of hydrogen-bond donors (Lipinski definition) is 1. The fraction of sp³-hybridized carbons (Fsp3) is 0.667. The molecule has 0 saturated carbocycles. The first kappa shape index (κ1) is 15.9. The Morgan fingerprint density at radius 1 is 1.74 bits per heavy atom. The van der Waals surface area contributed by atoms with E-state index in [4.69, 9.17) is 15.0 Å². The van der Waals surface area contributed by atoms with Crippen molar-refractivity contribution in [2.45, 2.75) is 31.8 Å². The van der Waals surface area contributed by atoms with Gasteiger partial charge in [0.25, 0.3) is 0 Å². The summed E-state index contributed by atoms with van der Waals surface area (Å²) in [5, 5.41) is 3.87. The number of likely N-dealkylation sites (tertiary alicyclic amines) is 1. The molecule has 2 rings (SSSR count). The third-order valence-corrected chi connectivity index (χ3v) is 3.17. The van der Waals surface area contributed by atoms with Crippen LogP contribution in [0.25, 0.3) is 0 Å². The minimum Gasteiger partial charge on any atom is -0.383 e. The summed E-state index contributed by atoms with van der Waals surface area (Å²) < 4.78 is 10.2. The fourth-order valence-electron chi connectivity index (χ4n) is 2.33. The van der Waals surface area contributed by atoms with Crippen molar-refractivity contribution in [2.24, 2.45) is 5.73 Å². The molecule has 1 saturated heterocycles. The van der Waals surface area contributed by atoms with Crippen molar-refractivity contribution in [3.05, 3.63) is 17.5 Å². The lowest BCUT2D eigenvalue weighted by atomic mass is 10.1. The van der Waals surface area contributed by atoms with Crippen molar-refractivity contribution in [1.29, 1.82) is 0 Å². The van der Waals surface area contributed by atoms with Gasteiger partial charge in [0.2, 0.25) is 5.91 Å². The number of hydrogen-bond acceptors (Lipinski definition) is 5. The van der Waals surface area contributed by atoms with E-state index in [1.165, 1.54) is 7.11 Å². The predicted molar refractivity (Wildman–Crippen MR) is 72.0 cm³/mol. The zero-order valence-electron chi connectivity index (χ0n) is 11.2. The van der Waals surface area contributed by atoms with Crippen LogP contribution in [0.15, 0.2) is 10.6 Å². The minimum atomic E-state index is -0.611. The Hall–Kier alpha value is -1.11. The number of halogens is 1. The number of aromatic nitrogens is 1. The molecule has 7 heteroatoms. The van der Waals surface area contributed by atoms with E-state index in [0.717, 1.165) is 24.3 Å². The Kier molecular flexibility index (Phi) is 5.78. The van der Waals surface area contributed by atoms with Gasteiger partial charge in [0.15, 0.2) is 5.76 Å². The topological polar surface area (TPSA) is 81.6 Å². The molecule has 108 valence electrons. The van der Waals surface area contributed by atoms with Gasteiger partial charge in [0.05, 0.1) is 18.3 Å². The van der Waals surface area contributed by atoms with Gasteiger partial charge in [-0.15, -0.1) is 12.4 Å². The normalized spacial score (nSPS) is 20.2. The molecule has 0 radical (unpaired) electrons. The standard InChI is InChI=1S/C12H19N3O3.ClH/c1-8-6-11(18-14-8)10-4-3-5-15(10)12(16)9(13)7-17-2;/h6,9-10H,3-5,7,13H2,1-2H3;1H. The number of nitrogens with two attached hydrogens (primary N) is 1. The molecular weight excluding hydrogens is 270 g/mol. The van der Waals surface area contributed by atoms with Gasteiger partial charge in [-0.1, -0.05) is 5.16 Å². The van der Waals surface area contributed by atoms with Crippen LogP contribution in [0.5, 0.6) is 0 Å². The molecule has 19 heavy (non-hydrogen) atoms. The number of ether oxygens (including phenoxy) is 1. The van der Waals surface area contributed by atoms with Gasteiger partial charge in [-0.2, -0.15) is 0 Å². The van der Waals surface area contributed by atoms with Crippen LogP contribution in [0, 0.1) is 6.92 Å². The van der Waals surface area contributed by atoms with E-state index in [2.05, 4.69) is 5.16 Å². The highest BCUT2D eigenvalue weighted by atomic mass is 35.5. The van der Waals surface area contributed by atoms with Crippen LogP contribution >= 0.6 is 12.4 Å². The number of carbonyl (C=O) groups excluding carboxylic acids is 1. The largest absolute Gasteiger partial charge is 0.383 e. The molecule has 0 spiro atoms. The highest BCUT2D eigenvalue weighted by Gasteiger charge is 2.34. The highest BCUT2D eigenvalue weighted by molar-refractivity contribution is 5.85. The van der Waals surface area contributed by atoms with E-state index in [0.29, 0.717) is 6.54 Å². The van der Waals surface area contributed by atoms with Gasteiger partial charge in [0, 0.05) is 19.7 Å². The molecule has 0 aliphatic carbocycles. The van der Waals surface area contributed by atoms with Crippen LogP contribution in [0.3, 0.4) is 0 Å². The van der Waals surface area contributed by atoms with Gasteiger partial charge in [-0.3, -0.25) is 4.79 Å². The van der Waals surface area contributed by atoms with E-state index < -0.39 is 6.04 Å². The zero-order chi connectivity index (χ0) is 13.1. The number of rotatable bonds is 4. The minimum absolute atomic E-state index is 0. The molecule has 1 aromatic heterocycles. The molecule has 0 aromatic carbocycles. The zero-order valence-corrected chi connectivity index (χ0v) is 12.0. The van der Waals surface area contributed by atoms with Gasteiger partial charge >= 0.3 is 0 Å².